The summed E-state index contributed by atoms with van der Waals surface area (Å²) < 4.78 is 19.5. The van der Waals surface area contributed by atoms with E-state index in [0.29, 0.717) is 28.1 Å². The molecule has 1 unspecified atom stereocenters. The van der Waals surface area contributed by atoms with Gasteiger partial charge < -0.3 is 14.7 Å². The van der Waals surface area contributed by atoms with Crippen molar-refractivity contribution < 1.29 is 28.6 Å². The Hall–Kier alpha value is -3.64. The van der Waals surface area contributed by atoms with E-state index in [9.17, 15) is 23.9 Å². The number of H-pyrrole nitrogens is 1. The van der Waals surface area contributed by atoms with E-state index in [2.05, 4.69) is 15.6 Å². The summed E-state index contributed by atoms with van der Waals surface area (Å²) in [7, 11) is 3.90. The lowest BCUT2D eigenvalue weighted by Gasteiger charge is -2.25. The molecule has 0 saturated heterocycles. The maximum atomic E-state index is 14.3. The van der Waals surface area contributed by atoms with E-state index in [0.717, 1.165) is 13.0 Å². The second-order valence-corrected chi connectivity index (χ2v) is 10.00. The van der Waals surface area contributed by atoms with Crippen LogP contribution >= 0.6 is 11.6 Å². The first kappa shape index (κ1) is 30.9. The van der Waals surface area contributed by atoms with Crippen molar-refractivity contribution in [2.24, 2.45) is 0 Å². The average Bonchev–Trinajstić information content (AvgIpc) is 3.41. The number of esters is 1. The number of nitrogens with one attached hydrogen (secondary N) is 2. The Kier molecular flexibility index (Phi) is 11.3. The van der Waals surface area contributed by atoms with Gasteiger partial charge in [0.25, 0.3) is 5.91 Å². The van der Waals surface area contributed by atoms with E-state index < -0.39 is 23.8 Å². The Labute approximate surface area is 237 Å². The van der Waals surface area contributed by atoms with Crippen LogP contribution in [0.2, 0.25) is 5.02 Å². The van der Waals surface area contributed by atoms with Crippen LogP contribution in [0.15, 0.2) is 48.5 Å². The number of ketones is 1. The zero-order valence-corrected chi connectivity index (χ0v) is 23.4. The van der Waals surface area contributed by atoms with Gasteiger partial charge in [0.15, 0.2) is 11.9 Å². The number of hydrogen-bond donors (Lipinski definition) is 3. The van der Waals surface area contributed by atoms with Crippen LogP contribution in [0.3, 0.4) is 0 Å². The SMILES string of the molecule is CC(=O)c1cc(C(=O)NN(Cc2ccc(-c3cc(Cl)ccc3F)cc2)CC(O)C(=O)OCCCCN(C)C)[nH]n1. The van der Waals surface area contributed by atoms with Crippen LogP contribution in [-0.2, 0) is 16.1 Å². The molecule has 0 fully saturated rings. The Morgan fingerprint density at radius 2 is 1.85 bits per heavy atom. The van der Waals surface area contributed by atoms with E-state index >= 15 is 0 Å². The predicted octanol–water partition coefficient (Wildman–Crippen LogP) is 3.46. The van der Waals surface area contributed by atoms with Gasteiger partial charge in [-0.3, -0.25) is 20.1 Å². The zero-order chi connectivity index (χ0) is 29.2. The number of aromatic nitrogens is 2. The molecule has 0 saturated carbocycles. The lowest BCUT2D eigenvalue weighted by molar-refractivity contribution is -0.155. The van der Waals surface area contributed by atoms with Crippen molar-refractivity contribution in [3.05, 3.63) is 76.3 Å². The normalized spacial score (nSPS) is 12.0. The molecule has 214 valence electrons. The summed E-state index contributed by atoms with van der Waals surface area (Å²) in [4.78, 5) is 38.8. The quantitative estimate of drug-likeness (QED) is 0.116. The van der Waals surface area contributed by atoms with Crippen molar-refractivity contribution in [3.8, 4) is 11.1 Å². The van der Waals surface area contributed by atoms with E-state index in [1.165, 1.54) is 36.2 Å². The second kappa shape index (κ2) is 14.7. The van der Waals surface area contributed by atoms with Gasteiger partial charge in [0.1, 0.15) is 17.2 Å². The number of hydrogen-bond acceptors (Lipinski definition) is 8. The Morgan fingerprint density at radius 1 is 1.12 bits per heavy atom. The lowest BCUT2D eigenvalue weighted by Crippen LogP contribution is -2.47. The fourth-order valence-electron chi connectivity index (χ4n) is 3.78. The fourth-order valence-corrected chi connectivity index (χ4v) is 3.96. The average molecular weight is 574 g/mol. The molecular weight excluding hydrogens is 541 g/mol. The number of aliphatic hydroxyl groups excluding tert-OH is 1. The maximum absolute atomic E-state index is 14.3. The van der Waals surface area contributed by atoms with Gasteiger partial charge in [0.05, 0.1) is 13.2 Å². The molecule has 1 aromatic heterocycles. The zero-order valence-electron chi connectivity index (χ0n) is 22.6. The molecule has 3 aromatic rings. The summed E-state index contributed by atoms with van der Waals surface area (Å²) in [5.41, 5.74) is 4.40. The molecule has 0 aliphatic rings. The highest BCUT2D eigenvalue weighted by molar-refractivity contribution is 6.30. The van der Waals surface area contributed by atoms with Gasteiger partial charge in [-0.05, 0) is 68.9 Å². The highest BCUT2D eigenvalue weighted by atomic mass is 35.5. The van der Waals surface area contributed by atoms with Crippen molar-refractivity contribution in [3.63, 3.8) is 0 Å². The number of rotatable bonds is 14. The number of carbonyl (C=O) groups excluding carboxylic acids is 3. The number of benzene rings is 2. The molecule has 0 bridgehead atoms. The molecule has 0 aliphatic heterocycles. The third-order valence-corrected chi connectivity index (χ3v) is 6.15. The molecule has 0 radical (unpaired) electrons. The van der Waals surface area contributed by atoms with Gasteiger partial charge in [-0.2, -0.15) is 5.10 Å². The lowest BCUT2D eigenvalue weighted by atomic mass is 10.0. The number of unbranched alkanes of at least 4 members (excludes halogenated alkanes) is 1. The van der Waals surface area contributed by atoms with Gasteiger partial charge in [-0.15, -0.1) is 0 Å². The molecule has 1 atom stereocenters. The third kappa shape index (κ3) is 9.23. The number of carbonyl (C=O) groups is 3. The third-order valence-electron chi connectivity index (χ3n) is 5.92. The summed E-state index contributed by atoms with van der Waals surface area (Å²) >= 11 is 6.02. The molecule has 40 heavy (non-hydrogen) atoms. The van der Waals surface area contributed by atoms with Crippen LogP contribution in [0.4, 0.5) is 4.39 Å². The van der Waals surface area contributed by atoms with Crippen molar-refractivity contribution in [2.45, 2.75) is 32.4 Å². The van der Waals surface area contributed by atoms with Crippen LogP contribution in [-0.4, -0.2) is 82.8 Å². The molecule has 12 heteroatoms. The smallest absolute Gasteiger partial charge is 0.336 e. The van der Waals surface area contributed by atoms with Crippen LogP contribution in [0.25, 0.3) is 11.1 Å². The molecule has 1 amide bonds. The van der Waals surface area contributed by atoms with E-state index in [-0.39, 0.29) is 36.9 Å². The van der Waals surface area contributed by atoms with E-state index in [1.54, 1.807) is 24.3 Å². The number of amides is 1. The van der Waals surface area contributed by atoms with Crippen LogP contribution in [0.1, 0.15) is 46.3 Å². The number of Topliss-reactive ketones (excluding diaryl/α,β-unsaturated/α-hetero) is 1. The first-order chi connectivity index (χ1) is 19.0. The molecule has 0 aliphatic carbocycles. The van der Waals surface area contributed by atoms with Gasteiger partial charge >= 0.3 is 5.97 Å². The highest BCUT2D eigenvalue weighted by Gasteiger charge is 2.23. The topological polar surface area (TPSA) is 128 Å². The summed E-state index contributed by atoms with van der Waals surface area (Å²) in [5.74, 6) is -2.16. The Morgan fingerprint density at radius 3 is 2.50 bits per heavy atom. The van der Waals surface area contributed by atoms with Crippen LogP contribution in [0, 0.1) is 5.82 Å². The van der Waals surface area contributed by atoms with Gasteiger partial charge in [-0.25, -0.2) is 14.2 Å². The number of aromatic amines is 1. The number of ether oxygens (including phenoxy) is 1. The Bertz CT molecular complexity index is 1310. The van der Waals surface area contributed by atoms with Crippen molar-refractivity contribution >= 4 is 29.3 Å². The predicted molar refractivity (Wildman–Crippen MR) is 148 cm³/mol. The molecule has 10 nitrogen and oxygen atoms in total. The number of aliphatic hydroxyl groups is 1. The molecule has 3 rings (SSSR count). The van der Waals surface area contributed by atoms with Crippen LogP contribution < -0.4 is 5.43 Å². The van der Waals surface area contributed by atoms with E-state index in [4.69, 9.17) is 16.3 Å². The molecule has 0 spiro atoms. The Balaban J connectivity index is 1.70. The molecular formula is C28H33ClFN5O5. The largest absolute Gasteiger partial charge is 0.464 e. The second-order valence-electron chi connectivity index (χ2n) is 9.56. The van der Waals surface area contributed by atoms with Crippen LogP contribution in [0.5, 0.6) is 0 Å². The van der Waals surface area contributed by atoms with Crippen molar-refractivity contribution in [1.82, 2.24) is 25.5 Å². The summed E-state index contributed by atoms with van der Waals surface area (Å²) in [6.07, 6.45) is -0.0572. The standard InChI is InChI=1S/C28H33ClFN5O5/c1-18(36)24-15-25(32-31-24)27(38)33-35(17-26(37)28(39)40-13-5-4-12-34(2)3)16-19-6-8-20(9-7-19)22-14-21(29)10-11-23(22)30/h6-11,14-15,26,37H,4-5,12-13,16-17H2,1-3H3,(H,31,32)(H,33,38). The monoisotopic (exact) mass is 573 g/mol. The number of hydrazine groups is 1. The van der Waals surface area contributed by atoms with Gasteiger partial charge in [-0.1, -0.05) is 35.9 Å². The van der Waals surface area contributed by atoms with Gasteiger partial charge in [0, 0.05) is 24.1 Å². The van der Waals surface area contributed by atoms with Crippen molar-refractivity contribution in [1.29, 1.82) is 0 Å². The molecule has 3 N–H and O–H groups in total. The summed E-state index contributed by atoms with van der Waals surface area (Å²) in [6, 6.07) is 12.5. The number of nitrogens with zero attached hydrogens (tertiary/aromatic N) is 3. The highest BCUT2D eigenvalue weighted by Crippen LogP contribution is 2.26. The summed E-state index contributed by atoms with van der Waals surface area (Å²) in [6.45, 7) is 2.15. The minimum absolute atomic E-state index is 0.0277. The molecule has 2 aromatic carbocycles. The summed E-state index contributed by atoms with van der Waals surface area (Å²) in [5, 5.41) is 18.6. The van der Waals surface area contributed by atoms with Gasteiger partial charge in [0.2, 0.25) is 0 Å². The minimum atomic E-state index is -1.54. The van der Waals surface area contributed by atoms with Crippen molar-refractivity contribution in [2.75, 3.05) is 33.8 Å². The first-order valence-corrected chi connectivity index (χ1v) is 13.1. The maximum Gasteiger partial charge on any atom is 0.336 e. The number of halogens is 2. The molecule has 1 heterocycles. The first-order valence-electron chi connectivity index (χ1n) is 12.7. The van der Waals surface area contributed by atoms with E-state index in [1.807, 2.05) is 19.0 Å². The minimum Gasteiger partial charge on any atom is -0.464 e. The fraction of sp³-hybridized carbons (Fsp3) is 0.357.